The summed E-state index contributed by atoms with van der Waals surface area (Å²) in [4.78, 5) is 12.8. The zero-order chi connectivity index (χ0) is 21.9. The summed E-state index contributed by atoms with van der Waals surface area (Å²) in [7, 11) is 0. The highest BCUT2D eigenvalue weighted by atomic mass is 16.7. The lowest BCUT2D eigenvalue weighted by Gasteiger charge is -2.29. The van der Waals surface area contributed by atoms with Crippen molar-refractivity contribution in [2.24, 2.45) is 5.92 Å². The summed E-state index contributed by atoms with van der Waals surface area (Å²) in [5, 5.41) is 12.0. The molecule has 2 aromatic carbocycles. The molecule has 0 spiro atoms. The van der Waals surface area contributed by atoms with Crippen LogP contribution >= 0.6 is 0 Å². The molecule has 168 valence electrons. The van der Waals surface area contributed by atoms with Gasteiger partial charge >= 0.3 is 0 Å². The Labute approximate surface area is 189 Å². The Kier molecular flexibility index (Phi) is 6.28. The second-order valence-corrected chi connectivity index (χ2v) is 9.13. The number of ether oxygens (including phenoxy) is 2. The molecule has 5 heteroatoms. The van der Waals surface area contributed by atoms with Crippen LogP contribution in [0, 0.1) is 5.92 Å². The van der Waals surface area contributed by atoms with Gasteiger partial charge in [-0.2, -0.15) is 0 Å². The van der Waals surface area contributed by atoms with Crippen LogP contribution in [0.1, 0.15) is 54.7 Å². The second-order valence-electron chi connectivity index (χ2n) is 9.13. The maximum atomic E-state index is 12.8. The van der Waals surface area contributed by atoms with Gasteiger partial charge in [-0.05, 0) is 71.9 Å². The standard InChI is InChI=1S/C27H31NO4/c29-11-3-4-12-31-26-16-21(15-25(32-26)27(30)28-17-18-7-8-18)19-9-10-24-22(13-19)14-20-5-1-2-6-23(20)24/h1-2,5-6,9-10,13,15,18,21,26,29H,3-4,7-8,11-12,14,16-17H2,(H,28,30)/t21-,26+/m0/s1. The largest absolute Gasteiger partial charge is 0.459 e. The van der Waals surface area contributed by atoms with Gasteiger partial charge in [0.1, 0.15) is 0 Å². The Balaban J connectivity index is 1.34. The van der Waals surface area contributed by atoms with Gasteiger partial charge in [0.15, 0.2) is 5.76 Å². The van der Waals surface area contributed by atoms with Crippen molar-refractivity contribution in [2.75, 3.05) is 19.8 Å². The van der Waals surface area contributed by atoms with E-state index in [0.29, 0.717) is 37.7 Å². The maximum Gasteiger partial charge on any atom is 0.286 e. The second kappa shape index (κ2) is 9.47. The smallest absolute Gasteiger partial charge is 0.286 e. The van der Waals surface area contributed by atoms with E-state index in [2.05, 4.69) is 47.8 Å². The molecule has 0 unspecified atom stereocenters. The minimum atomic E-state index is -0.462. The van der Waals surface area contributed by atoms with Gasteiger partial charge in [-0.3, -0.25) is 4.79 Å². The van der Waals surface area contributed by atoms with E-state index in [1.54, 1.807) is 0 Å². The number of hydrogen-bond acceptors (Lipinski definition) is 4. The molecular weight excluding hydrogens is 402 g/mol. The number of aliphatic hydroxyl groups is 1. The highest BCUT2D eigenvalue weighted by molar-refractivity contribution is 5.91. The average molecular weight is 434 g/mol. The zero-order valence-corrected chi connectivity index (χ0v) is 18.4. The summed E-state index contributed by atoms with van der Waals surface area (Å²) >= 11 is 0. The van der Waals surface area contributed by atoms with Crippen LogP contribution in [0.25, 0.3) is 11.1 Å². The average Bonchev–Trinajstić information content (AvgIpc) is 3.58. The summed E-state index contributed by atoms with van der Waals surface area (Å²) in [5.41, 5.74) is 6.52. The molecule has 1 amide bonds. The summed E-state index contributed by atoms with van der Waals surface area (Å²) in [5.74, 6) is 0.877. The molecule has 2 N–H and O–H groups in total. The lowest BCUT2D eigenvalue weighted by molar-refractivity contribution is -0.146. The fourth-order valence-corrected chi connectivity index (χ4v) is 4.62. The fraction of sp³-hybridized carbons (Fsp3) is 0.444. The molecule has 0 bridgehead atoms. The summed E-state index contributed by atoms with van der Waals surface area (Å²) in [6, 6.07) is 15.2. The summed E-state index contributed by atoms with van der Waals surface area (Å²) in [6.07, 6.45) is 6.97. The molecule has 0 radical (unpaired) electrons. The first kappa shape index (κ1) is 21.2. The van der Waals surface area contributed by atoms with Crippen LogP contribution in [-0.4, -0.2) is 37.1 Å². The number of hydrogen-bond donors (Lipinski definition) is 2. The van der Waals surface area contributed by atoms with E-state index in [9.17, 15) is 4.79 Å². The molecule has 2 aromatic rings. The van der Waals surface area contributed by atoms with Crippen LogP contribution in [0.5, 0.6) is 0 Å². The lowest BCUT2D eigenvalue weighted by Crippen LogP contribution is -2.34. The van der Waals surface area contributed by atoms with Gasteiger partial charge in [0.2, 0.25) is 6.29 Å². The van der Waals surface area contributed by atoms with Crippen LogP contribution in [0.3, 0.4) is 0 Å². The summed E-state index contributed by atoms with van der Waals surface area (Å²) in [6.45, 7) is 1.38. The number of unbranched alkanes of at least 4 members (excludes halogenated alkanes) is 1. The van der Waals surface area contributed by atoms with E-state index >= 15 is 0 Å². The third kappa shape index (κ3) is 4.74. The predicted molar refractivity (Wildman–Crippen MR) is 123 cm³/mol. The van der Waals surface area contributed by atoms with Crippen molar-refractivity contribution in [1.82, 2.24) is 5.32 Å². The number of nitrogens with one attached hydrogen (secondary N) is 1. The Bertz CT molecular complexity index is 1010. The van der Waals surface area contributed by atoms with Gasteiger partial charge in [0.05, 0.1) is 6.61 Å². The number of allylic oxidation sites excluding steroid dienone is 1. The molecule has 1 fully saturated rings. The molecule has 0 aromatic heterocycles. The number of rotatable bonds is 9. The lowest BCUT2D eigenvalue weighted by atomic mass is 9.90. The molecule has 3 aliphatic rings. The number of carbonyl (C=O) groups excluding carboxylic acids is 1. The Morgan fingerprint density at radius 3 is 2.78 bits per heavy atom. The molecule has 5 nitrogen and oxygen atoms in total. The van der Waals surface area contributed by atoms with Gasteiger partial charge in [-0.1, -0.05) is 42.5 Å². The number of aliphatic hydroxyl groups excluding tert-OH is 1. The molecular formula is C27H31NO4. The summed E-state index contributed by atoms with van der Waals surface area (Å²) < 4.78 is 11.9. The molecule has 5 rings (SSSR count). The number of amides is 1. The van der Waals surface area contributed by atoms with Crippen LogP contribution in [-0.2, 0) is 20.7 Å². The van der Waals surface area contributed by atoms with Crippen molar-refractivity contribution in [3.63, 3.8) is 0 Å². The van der Waals surface area contributed by atoms with E-state index in [4.69, 9.17) is 14.6 Å². The molecule has 1 heterocycles. The van der Waals surface area contributed by atoms with Crippen molar-refractivity contribution in [2.45, 2.75) is 50.7 Å². The predicted octanol–water partition coefficient (Wildman–Crippen LogP) is 4.29. The van der Waals surface area contributed by atoms with Gasteiger partial charge in [0, 0.05) is 25.5 Å². The third-order valence-electron chi connectivity index (χ3n) is 6.63. The first-order valence-corrected chi connectivity index (χ1v) is 11.8. The molecule has 2 aliphatic carbocycles. The van der Waals surface area contributed by atoms with Crippen LogP contribution in [0.4, 0.5) is 0 Å². The van der Waals surface area contributed by atoms with Crippen LogP contribution in [0.2, 0.25) is 0 Å². The van der Waals surface area contributed by atoms with E-state index in [0.717, 1.165) is 12.8 Å². The number of fused-ring (bicyclic) bond motifs is 3. The number of carbonyl (C=O) groups is 1. The van der Waals surface area contributed by atoms with Crippen LogP contribution in [0.15, 0.2) is 54.3 Å². The van der Waals surface area contributed by atoms with Crippen molar-refractivity contribution < 1.29 is 19.4 Å². The maximum absolute atomic E-state index is 12.8. The highest BCUT2D eigenvalue weighted by Crippen LogP contribution is 2.40. The van der Waals surface area contributed by atoms with Gasteiger partial charge in [-0.15, -0.1) is 0 Å². The van der Waals surface area contributed by atoms with E-state index < -0.39 is 6.29 Å². The Hall–Kier alpha value is -2.63. The van der Waals surface area contributed by atoms with Crippen molar-refractivity contribution in [3.8, 4) is 11.1 Å². The SMILES string of the molecule is O=C(NCC1CC1)C1=C[C@H](c2ccc3c(c2)Cc2ccccc2-3)C[C@H](OCCCCO)O1. The van der Waals surface area contributed by atoms with Gasteiger partial charge in [0.25, 0.3) is 5.91 Å². The van der Waals surface area contributed by atoms with Gasteiger partial charge < -0.3 is 19.9 Å². The topological polar surface area (TPSA) is 67.8 Å². The minimum absolute atomic E-state index is 0.0577. The molecule has 1 aliphatic heterocycles. The molecule has 2 atom stereocenters. The molecule has 1 saturated carbocycles. The minimum Gasteiger partial charge on any atom is -0.459 e. The molecule has 0 saturated heterocycles. The fourth-order valence-electron chi connectivity index (χ4n) is 4.62. The Morgan fingerprint density at radius 2 is 1.94 bits per heavy atom. The van der Waals surface area contributed by atoms with Crippen molar-refractivity contribution >= 4 is 5.91 Å². The van der Waals surface area contributed by atoms with E-state index in [1.165, 1.54) is 40.7 Å². The van der Waals surface area contributed by atoms with Crippen LogP contribution < -0.4 is 5.32 Å². The first-order valence-electron chi connectivity index (χ1n) is 11.8. The highest BCUT2D eigenvalue weighted by Gasteiger charge is 2.30. The normalized spacial score (nSPS) is 21.3. The monoisotopic (exact) mass is 433 g/mol. The quantitative estimate of drug-likeness (QED) is 0.494. The van der Waals surface area contributed by atoms with E-state index in [-0.39, 0.29) is 18.4 Å². The first-order chi connectivity index (χ1) is 15.7. The van der Waals surface area contributed by atoms with E-state index in [1.807, 2.05) is 6.08 Å². The number of benzene rings is 2. The van der Waals surface area contributed by atoms with Crippen molar-refractivity contribution in [1.29, 1.82) is 0 Å². The van der Waals surface area contributed by atoms with Crippen molar-refractivity contribution in [3.05, 3.63) is 71.0 Å². The Morgan fingerprint density at radius 1 is 1.09 bits per heavy atom. The zero-order valence-electron chi connectivity index (χ0n) is 18.4. The van der Waals surface area contributed by atoms with Gasteiger partial charge in [-0.25, -0.2) is 0 Å². The molecule has 32 heavy (non-hydrogen) atoms. The third-order valence-corrected chi connectivity index (χ3v) is 6.63.